The smallest absolute Gasteiger partial charge is 0.00673 e. The van der Waals surface area contributed by atoms with Crippen LogP contribution in [0.1, 0.15) is 80.6 Å². The number of nitrogens with one attached hydrogen (secondary N) is 1. The molecule has 0 aliphatic heterocycles. The molecule has 20 heavy (non-hydrogen) atoms. The van der Waals surface area contributed by atoms with Gasteiger partial charge in [0.15, 0.2) is 0 Å². The Kier molecular flexibility index (Phi) is 7.04. The molecule has 0 aromatic heterocycles. The van der Waals surface area contributed by atoms with E-state index in [1.807, 2.05) is 0 Å². The molecule has 1 aliphatic rings. The van der Waals surface area contributed by atoms with Crippen LogP contribution in [0.25, 0.3) is 0 Å². The maximum absolute atomic E-state index is 3.87. The van der Waals surface area contributed by atoms with Crippen molar-refractivity contribution in [3.63, 3.8) is 0 Å². The van der Waals surface area contributed by atoms with Gasteiger partial charge in [-0.3, -0.25) is 0 Å². The van der Waals surface area contributed by atoms with E-state index in [-0.39, 0.29) is 0 Å². The molecule has 1 nitrogen and oxygen atoms in total. The molecule has 0 radical (unpaired) electrons. The van der Waals surface area contributed by atoms with Crippen LogP contribution in [0.15, 0.2) is 0 Å². The van der Waals surface area contributed by atoms with Crippen LogP contribution in [-0.4, -0.2) is 12.6 Å². The van der Waals surface area contributed by atoms with Crippen LogP contribution in [0, 0.1) is 29.1 Å². The van der Waals surface area contributed by atoms with Crippen LogP contribution in [0.4, 0.5) is 0 Å². The van der Waals surface area contributed by atoms with Gasteiger partial charge in [-0.15, -0.1) is 0 Å². The minimum absolute atomic E-state index is 0.545. The molecule has 0 saturated heterocycles. The molecule has 1 rings (SSSR count). The Labute approximate surface area is 128 Å². The first-order valence-electron chi connectivity index (χ1n) is 9.01. The first-order chi connectivity index (χ1) is 9.27. The van der Waals surface area contributed by atoms with Gasteiger partial charge in [0.05, 0.1) is 0 Å². The predicted molar refractivity (Wildman–Crippen MR) is 91.0 cm³/mol. The SMILES string of the molecule is CCC(C)(C)C1CCC(NCC(C(C)C)C(C)C)CC1. The van der Waals surface area contributed by atoms with Gasteiger partial charge in [0.2, 0.25) is 0 Å². The highest BCUT2D eigenvalue weighted by atomic mass is 14.9. The van der Waals surface area contributed by atoms with Crippen LogP contribution < -0.4 is 5.32 Å². The van der Waals surface area contributed by atoms with Gasteiger partial charge in [-0.25, -0.2) is 0 Å². The molecule has 0 spiro atoms. The molecule has 0 amide bonds. The van der Waals surface area contributed by atoms with Gasteiger partial charge < -0.3 is 5.32 Å². The largest absolute Gasteiger partial charge is 0.314 e. The van der Waals surface area contributed by atoms with E-state index in [2.05, 4.69) is 53.8 Å². The molecule has 1 N–H and O–H groups in total. The van der Waals surface area contributed by atoms with E-state index in [4.69, 9.17) is 0 Å². The van der Waals surface area contributed by atoms with Gasteiger partial charge in [-0.1, -0.05) is 54.9 Å². The Morgan fingerprint density at radius 2 is 1.45 bits per heavy atom. The highest BCUT2D eigenvalue weighted by Crippen LogP contribution is 2.40. The van der Waals surface area contributed by atoms with Gasteiger partial charge >= 0.3 is 0 Å². The first kappa shape index (κ1) is 18.0. The monoisotopic (exact) mass is 281 g/mol. The molecule has 0 heterocycles. The summed E-state index contributed by atoms with van der Waals surface area (Å²) in [5.74, 6) is 3.34. The fourth-order valence-corrected chi connectivity index (χ4v) is 3.91. The molecule has 0 unspecified atom stereocenters. The molecule has 1 fully saturated rings. The quantitative estimate of drug-likeness (QED) is 0.650. The fraction of sp³-hybridized carbons (Fsp3) is 1.00. The van der Waals surface area contributed by atoms with Crippen molar-refractivity contribution in [1.82, 2.24) is 5.32 Å². The molecule has 1 saturated carbocycles. The lowest BCUT2D eigenvalue weighted by atomic mass is 9.69. The van der Waals surface area contributed by atoms with Crippen molar-refractivity contribution in [1.29, 1.82) is 0 Å². The lowest BCUT2D eigenvalue weighted by Crippen LogP contribution is -2.40. The van der Waals surface area contributed by atoms with Crippen LogP contribution in [0.5, 0.6) is 0 Å². The van der Waals surface area contributed by atoms with Gasteiger partial charge in [-0.05, 0) is 61.3 Å². The number of hydrogen-bond donors (Lipinski definition) is 1. The normalized spacial score (nSPS) is 24.9. The first-order valence-corrected chi connectivity index (χ1v) is 9.01. The van der Waals surface area contributed by atoms with Crippen LogP contribution >= 0.6 is 0 Å². The topological polar surface area (TPSA) is 12.0 Å². The zero-order valence-electron chi connectivity index (χ0n) is 15.1. The third-order valence-corrected chi connectivity index (χ3v) is 6.10. The Morgan fingerprint density at radius 1 is 0.950 bits per heavy atom. The molecular weight excluding hydrogens is 242 g/mol. The van der Waals surface area contributed by atoms with Crippen molar-refractivity contribution in [2.45, 2.75) is 86.6 Å². The van der Waals surface area contributed by atoms with Gasteiger partial charge in [0.1, 0.15) is 0 Å². The maximum Gasteiger partial charge on any atom is 0.00673 e. The summed E-state index contributed by atoms with van der Waals surface area (Å²) in [4.78, 5) is 0. The van der Waals surface area contributed by atoms with Gasteiger partial charge in [-0.2, -0.15) is 0 Å². The summed E-state index contributed by atoms with van der Waals surface area (Å²) in [6.45, 7) is 17.9. The standard InChI is InChI=1S/C19H39N/c1-8-19(6,7)16-9-11-17(12-10-16)20-13-18(14(2)3)15(4)5/h14-18,20H,8-13H2,1-7H3. The summed E-state index contributed by atoms with van der Waals surface area (Å²) >= 11 is 0. The molecule has 0 aromatic carbocycles. The zero-order valence-corrected chi connectivity index (χ0v) is 15.1. The summed E-state index contributed by atoms with van der Waals surface area (Å²) in [5, 5.41) is 3.87. The summed E-state index contributed by atoms with van der Waals surface area (Å²) < 4.78 is 0. The summed E-state index contributed by atoms with van der Waals surface area (Å²) in [6, 6.07) is 0.777. The molecule has 0 bridgehead atoms. The molecular formula is C19H39N. The lowest BCUT2D eigenvalue weighted by Gasteiger charge is -2.39. The lowest BCUT2D eigenvalue weighted by molar-refractivity contribution is 0.133. The number of hydrogen-bond acceptors (Lipinski definition) is 1. The van der Waals surface area contributed by atoms with Crippen LogP contribution in [0.2, 0.25) is 0 Å². The van der Waals surface area contributed by atoms with Crippen molar-refractivity contribution in [2.24, 2.45) is 29.1 Å². The van der Waals surface area contributed by atoms with Gasteiger partial charge in [0, 0.05) is 6.04 Å². The van der Waals surface area contributed by atoms with Crippen molar-refractivity contribution in [3.8, 4) is 0 Å². The Morgan fingerprint density at radius 3 is 1.85 bits per heavy atom. The minimum atomic E-state index is 0.545. The van der Waals surface area contributed by atoms with Crippen molar-refractivity contribution >= 4 is 0 Å². The second-order valence-corrected chi connectivity index (χ2v) is 8.45. The van der Waals surface area contributed by atoms with Gasteiger partial charge in [0.25, 0.3) is 0 Å². The molecule has 0 aromatic rings. The van der Waals surface area contributed by atoms with E-state index in [0.717, 1.165) is 29.7 Å². The van der Waals surface area contributed by atoms with Crippen molar-refractivity contribution in [2.75, 3.05) is 6.54 Å². The fourth-order valence-electron chi connectivity index (χ4n) is 3.91. The van der Waals surface area contributed by atoms with E-state index in [9.17, 15) is 0 Å². The average Bonchev–Trinajstić information content (AvgIpc) is 2.38. The Balaban J connectivity index is 2.36. The third-order valence-electron chi connectivity index (χ3n) is 6.10. The summed E-state index contributed by atoms with van der Waals surface area (Å²) in [6.07, 6.45) is 6.94. The summed E-state index contributed by atoms with van der Waals surface area (Å²) in [7, 11) is 0. The third kappa shape index (κ3) is 5.06. The van der Waals surface area contributed by atoms with Crippen molar-refractivity contribution < 1.29 is 0 Å². The van der Waals surface area contributed by atoms with Crippen molar-refractivity contribution in [3.05, 3.63) is 0 Å². The van der Waals surface area contributed by atoms with E-state index in [1.165, 1.54) is 38.6 Å². The van der Waals surface area contributed by atoms with E-state index in [0.29, 0.717) is 5.41 Å². The highest BCUT2D eigenvalue weighted by Gasteiger charge is 2.31. The second kappa shape index (κ2) is 7.82. The van der Waals surface area contributed by atoms with Crippen LogP contribution in [-0.2, 0) is 0 Å². The van der Waals surface area contributed by atoms with E-state index in [1.54, 1.807) is 0 Å². The Bertz CT molecular complexity index is 251. The zero-order chi connectivity index (χ0) is 15.3. The predicted octanol–water partition coefficient (Wildman–Crippen LogP) is 5.50. The van der Waals surface area contributed by atoms with Crippen LogP contribution in [0.3, 0.4) is 0 Å². The average molecular weight is 282 g/mol. The minimum Gasteiger partial charge on any atom is -0.314 e. The Hall–Kier alpha value is -0.0400. The molecule has 120 valence electrons. The van der Waals surface area contributed by atoms with E-state index >= 15 is 0 Å². The van der Waals surface area contributed by atoms with E-state index < -0.39 is 0 Å². The number of rotatable bonds is 7. The molecule has 1 heteroatoms. The highest BCUT2D eigenvalue weighted by molar-refractivity contribution is 4.85. The maximum atomic E-state index is 3.87. The summed E-state index contributed by atoms with van der Waals surface area (Å²) in [5.41, 5.74) is 0.545. The second-order valence-electron chi connectivity index (χ2n) is 8.45. The molecule has 1 aliphatic carbocycles. The molecule has 0 atom stereocenters.